The Morgan fingerprint density at radius 2 is 1.76 bits per heavy atom. The van der Waals surface area contributed by atoms with Crippen molar-refractivity contribution in [2.45, 2.75) is 77.5 Å². The molecule has 1 saturated heterocycles. The zero-order valence-electron chi connectivity index (χ0n) is 15.9. The summed E-state index contributed by atoms with van der Waals surface area (Å²) in [5.74, 6) is -0.448. The number of fused-ring (bicyclic) bond motifs is 3. The zero-order valence-corrected chi connectivity index (χ0v) is 15.9. The number of carbonyl (C=O) groups is 1. The average molecular weight is 350 g/mol. The van der Waals surface area contributed by atoms with Crippen molar-refractivity contribution in [2.75, 3.05) is 0 Å². The van der Waals surface area contributed by atoms with Crippen LogP contribution < -0.4 is 0 Å². The molecule has 0 amide bonds. The Labute approximate surface area is 149 Å². The molecule has 1 aliphatic heterocycles. The molecule has 140 valence electrons. The minimum atomic E-state index is -1.95. The fourth-order valence-corrected chi connectivity index (χ4v) is 6.30. The SMILES string of the molecule is CC1=C[C@]23C(=O)C(C4OC4(C)C(O)C2(O)C1O)C(C)(C)C(C)C[C@H]3C. The van der Waals surface area contributed by atoms with Crippen molar-refractivity contribution < 1.29 is 24.9 Å². The molecule has 3 N–H and O–H groups in total. The van der Waals surface area contributed by atoms with E-state index in [0.29, 0.717) is 5.57 Å². The molecular weight excluding hydrogens is 320 g/mol. The highest BCUT2D eigenvalue weighted by Gasteiger charge is 2.82. The van der Waals surface area contributed by atoms with Crippen LogP contribution >= 0.6 is 0 Å². The van der Waals surface area contributed by atoms with Crippen molar-refractivity contribution >= 4 is 5.78 Å². The van der Waals surface area contributed by atoms with Crippen molar-refractivity contribution in [3.63, 3.8) is 0 Å². The monoisotopic (exact) mass is 350 g/mol. The quantitative estimate of drug-likeness (QED) is 0.454. The van der Waals surface area contributed by atoms with Gasteiger partial charge in [-0.2, -0.15) is 0 Å². The number of aliphatic hydroxyl groups is 3. The van der Waals surface area contributed by atoms with E-state index in [0.717, 1.165) is 6.42 Å². The Morgan fingerprint density at radius 3 is 2.36 bits per heavy atom. The summed E-state index contributed by atoms with van der Waals surface area (Å²) in [4.78, 5) is 13.9. The van der Waals surface area contributed by atoms with Gasteiger partial charge in [0.25, 0.3) is 0 Å². The maximum atomic E-state index is 13.9. The largest absolute Gasteiger partial charge is 0.387 e. The molecule has 4 rings (SSSR count). The highest BCUT2D eigenvalue weighted by molar-refractivity contribution is 5.94. The van der Waals surface area contributed by atoms with Crippen LogP contribution in [-0.2, 0) is 9.53 Å². The second-order valence-electron chi connectivity index (χ2n) is 9.81. The molecule has 1 heterocycles. The number of ketones is 1. The standard InChI is InChI=1S/C20H30O5/c1-9-8-19-11(3)7-10(2)17(4,5)12(14(19)22)15-18(6,25-15)16(23)20(19,24)13(9)21/h8,10-13,15-16,21,23-24H,7H2,1-6H3/t10?,11-,12?,13?,15?,16?,18?,19+,20?/m1/s1. The molecule has 3 aliphatic carbocycles. The molecule has 7 unspecified atom stereocenters. The van der Waals surface area contributed by atoms with E-state index in [4.69, 9.17) is 4.74 Å². The van der Waals surface area contributed by atoms with Gasteiger partial charge in [0, 0.05) is 0 Å². The van der Waals surface area contributed by atoms with Crippen molar-refractivity contribution in [1.29, 1.82) is 0 Å². The lowest BCUT2D eigenvalue weighted by molar-refractivity contribution is -0.208. The Morgan fingerprint density at radius 1 is 1.16 bits per heavy atom. The van der Waals surface area contributed by atoms with Gasteiger partial charge in [-0.25, -0.2) is 0 Å². The van der Waals surface area contributed by atoms with Crippen LogP contribution in [0.15, 0.2) is 11.6 Å². The fraction of sp³-hybridized carbons (Fsp3) is 0.850. The van der Waals surface area contributed by atoms with E-state index in [1.165, 1.54) is 0 Å². The van der Waals surface area contributed by atoms with Crippen LogP contribution in [0.3, 0.4) is 0 Å². The summed E-state index contributed by atoms with van der Waals surface area (Å²) in [6, 6.07) is 0. The van der Waals surface area contributed by atoms with Crippen LogP contribution in [0.5, 0.6) is 0 Å². The van der Waals surface area contributed by atoms with E-state index < -0.39 is 40.8 Å². The summed E-state index contributed by atoms with van der Waals surface area (Å²) in [5, 5.41) is 33.7. The van der Waals surface area contributed by atoms with Crippen molar-refractivity contribution in [3.05, 3.63) is 11.6 Å². The Bertz CT molecular complexity index is 684. The zero-order chi connectivity index (χ0) is 18.7. The molecule has 0 aromatic rings. The van der Waals surface area contributed by atoms with Gasteiger partial charge in [-0.05, 0) is 43.1 Å². The molecule has 25 heavy (non-hydrogen) atoms. The first-order valence-electron chi connectivity index (χ1n) is 9.36. The second-order valence-corrected chi connectivity index (χ2v) is 9.81. The van der Waals surface area contributed by atoms with Crippen molar-refractivity contribution in [1.82, 2.24) is 0 Å². The third kappa shape index (κ3) is 1.63. The van der Waals surface area contributed by atoms with Gasteiger partial charge < -0.3 is 20.1 Å². The van der Waals surface area contributed by atoms with Gasteiger partial charge in [0.05, 0.1) is 11.3 Å². The van der Waals surface area contributed by atoms with Crippen LogP contribution in [-0.4, -0.2) is 50.6 Å². The van der Waals surface area contributed by atoms with E-state index in [-0.39, 0.29) is 23.0 Å². The lowest BCUT2D eigenvalue weighted by atomic mass is 9.59. The highest BCUT2D eigenvalue weighted by Crippen LogP contribution is 2.68. The lowest BCUT2D eigenvalue weighted by Crippen LogP contribution is -2.67. The summed E-state index contributed by atoms with van der Waals surface area (Å²) >= 11 is 0. The predicted octanol–water partition coefficient (Wildman–Crippen LogP) is 1.44. The first kappa shape index (κ1) is 17.7. The van der Waals surface area contributed by atoms with Crippen LogP contribution in [0.4, 0.5) is 0 Å². The van der Waals surface area contributed by atoms with Crippen LogP contribution in [0.1, 0.15) is 48.0 Å². The van der Waals surface area contributed by atoms with E-state index in [1.807, 2.05) is 6.92 Å². The first-order valence-corrected chi connectivity index (χ1v) is 9.36. The molecule has 1 spiro atoms. The fourth-order valence-electron chi connectivity index (χ4n) is 6.30. The Hall–Kier alpha value is -0.750. The number of ether oxygens (including phenoxy) is 1. The summed E-state index contributed by atoms with van der Waals surface area (Å²) < 4.78 is 5.88. The number of carbonyl (C=O) groups excluding carboxylic acids is 1. The molecule has 3 fully saturated rings. The number of rotatable bonds is 0. The molecule has 2 bridgehead atoms. The molecular formula is C20H30O5. The van der Waals surface area contributed by atoms with Crippen molar-refractivity contribution in [2.24, 2.45) is 28.6 Å². The molecule has 9 atom stereocenters. The summed E-state index contributed by atoms with van der Waals surface area (Å²) in [6.07, 6.45) is -0.529. The second kappa shape index (κ2) is 4.56. The lowest BCUT2D eigenvalue weighted by Gasteiger charge is -2.48. The smallest absolute Gasteiger partial charge is 0.152 e. The van der Waals surface area contributed by atoms with Gasteiger partial charge in [0.2, 0.25) is 0 Å². The molecule has 0 aromatic carbocycles. The van der Waals surface area contributed by atoms with Crippen LogP contribution in [0.25, 0.3) is 0 Å². The number of hydrogen-bond acceptors (Lipinski definition) is 5. The molecule has 4 aliphatic rings. The van der Waals surface area contributed by atoms with Crippen LogP contribution in [0, 0.1) is 28.6 Å². The van der Waals surface area contributed by atoms with Gasteiger partial charge in [-0.3, -0.25) is 4.79 Å². The highest BCUT2D eigenvalue weighted by atomic mass is 16.6. The number of Topliss-reactive ketones (excluding diaryl/α,β-unsaturated/α-hetero) is 1. The van der Waals surface area contributed by atoms with E-state index in [9.17, 15) is 20.1 Å². The molecule has 0 radical (unpaired) electrons. The Balaban J connectivity index is 2.05. The number of hydrogen-bond donors (Lipinski definition) is 3. The predicted molar refractivity (Wildman–Crippen MR) is 91.7 cm³/mol. The molecule has 5 nitrogen and oxygen atoms in total. The minimum Gasteiger partial charge on any atom is -0.387 e. The van der Waals surface area contributed by atoms with E-state index in [2.05, 4.69) is 20.8 Å². The van der Waals surface area contributed by atoms with Gasteiger partial charge in [-0.1, -0.05) is 33.8 Å². The maximum absolute atomic E-state index is 13.9. The third-order valence-electron chi connectivity index (χ3n) is 8.36. The van der Waals surface area contributed by atoms with E-state index >= 15 is 0 Å². The number of aliphatic hydroxyl groups excluding tert-OH is 2. The molecule has 2 saturated carbocycles. The van der Waals surface area contributed by atoms with Gasteiger partial charge in [0.1, 0.15) is 29.5 Å². The number of epoxide rings is 1. The topological polar surface area (TPSA) is 90.3 Å². The third-order valence-corrected chi connectivity index (χ3v) is 8.36. The van der Waals surface area contributed by atoms with Gasteiger partial charge in [-0.15, -0.1) is 0 Å². The maximum Gasteiger partial charge on any atom is 0.152 e. The normalized spacial score (nSPS) is 59.4. The van der Waals surface area contributed by atoms with Gasteiger partial charge >= 0.3 is 0 Å². The summed E-state index contributed by atoms with van der Waals surface area (Å²) in [5.41, 5.74) is -4.01. The van der Waals surface area contributed by atoms with Crippen molar-refractivity contribution in [3.8, 4) is 0 Å². The average Bonchev–Trinajstić information content (AvgIpc) is 3.15. The molecule has 0 aromatic heterocycles. The Kier molecular flexibility index (Phi) is 3.22. The van der Waals surface area contributed by atoms with Gasteiger partial charge in [0.15, 0.2) is 5.78 Å². The first-order chi connectivity index (χ1) is 11.4. The van der Waals surface area contributed by atoms with E-state index in [1.54, 1.807) is 19.9 Å². The minimum absolute atomic E-state index is 0.0852. The molecule has 5 heteroatoms. The summed E-state index contributed by atoms with van der Waals surface area (Å²) in [7, 11) is 0. The summed E-state index contributed by atoms with van der Waals surface area (Å²) in [6.45, 7) is 11.8. The van der Waals surface area contributed by atoms with Crippen LogP contribution in [0.2, 0.25) is 0 Å².